The summed E-state index contributed by atoms with van der Waals surface area (Å²) in [7, 11) is 0. The van der Waals surface area contributed by atoms with E-state index in [1.807, 2.05) is 0 Å². The fraction of sp³-hybridized carbons (Fsp3) is 0. The smallest absolute Gasteiger partial charge is 0.253 e. The Labute approximate surface area is 102 Å². The molecule has 1 amide bonds. The van der Waals surface area contributed by atoms with Crippen LogP contribution >= 0.6 is 11.6 Å². The average molecular weight is 257 g/mol. The zero-order valence-electron chi connectivity index (χ0n) is 8.71. The number of hydrogen-bond donors (Lipinski definition) is 3. The van der Waals surface area contributed by atoms with Crippen molar-refractivity contribution >= 4 is 23.2 Å². The summed E-state index contributed by atoms with van der Waals surface area (Å²) >= 11 is 5.51. The number of amides is 1. The third-order valence-corrected chi connectivity index (χ3v) is 2.13. The van der Waals surface area contributed by atoms with Gasteiger partial charge >= 0.3 is 0 Å². The molecule has 0 bridgehead atoms. The van der Waals surface area contributed by atoms with Gasteiger partial charge in [0, 0.05) is 11.3 Å². The normalized spacial score (nSPS) is 11.1. The van der Waals surface area contributed by atoms with E-state index >= 15 is 0 Å². The minimum absolute atomic E-state index is 0.0209. The van der Waals surface area contributed by atoms with E-state index in [2.05, 4.69) is 11.9 Å². The predicted molar refractivity (Wildman–Crippen MR) is 63.5 cm³/mol. The van der Waals surface area contributed by atoms with Crippen LogP contribution < -0.4 is 11.1 Å². The molecule has 1 rings (SSSR count). The van der Waals surface area contributed by atoms with E-state index in [-0.39, 0.29) is 10.7 Å². The van der Waals surface area contributed by atoms with Crippen LogP contribution in [-0.4, -0.2) is 11.0 Å². The Balaban J connectivity index is 2.80. The van der Waals surface area contributed by atoms with Gasteiger partial charge in [-0.15, -0.1) is 0 Å². The van der Waals surface area contributed by atoms with E-state index in [0.29, 0.717) is 5.56 Å². The standard InChI is InChI=1S/C11H10ClFN2O2/c1-6(15-11(17)5-10(14)16)7-2-3-8(12)9(13)4-7/h2-5,16H,1,14H2,(H,15,17)/b10-5+. The summed E-state index contributed by atoms with van der Waals surface area (Å²) in [4.78, 5) is 11.2. The van der Waals surface area contributed by atoms with Gasteiger partial charge in [0.2, 0.25) is 0 Å². The van der Waals surface area contributed by atoms with Crippen LogP contribution in [0.15, 0.2) is 36.7 Å². The molecule has 0 unspecified atom stereocenters. The van der Waals surface area contributed by atoms with Crippen LogP contribution in [0.5, 0.6) is 0 Å². The molecule has 17 heavy (non-hydrogen) atoms. The van der Waals surface area contributed by atoms with Crippen LogP contribution in [-0.2, 0) is 4.79 Å². The van der Waals surface area contributed by atoms with Crippen molar-refractivity contribution in [2.24, 2.45) is 5.73 Å². The first-order valence-electron chi connectivity index (χ1n) is 4.51. The number of aliphatic hydroxyl groups is 1. The molecule has 0 saturated heterocycles. The zero-order valence-corrected chi connectivity index (χ0v) is 9.46. The second kappa shape index (κ2) is 5.36. The number of hydrogen-bond acceptors (Lipinski definition) is 3. The van der Waals surface area contributed by atoms with Crippen molar-refractivity contribution in [2.75, 3.05) is 0 Å². The molecule has 1 aromatic rings. The Morgan fingerprint density at radius 2 is 2.24 bits per heavy atom. The number of nitrogens with two attached hydrogens (primary N) is 1. The third-order valence-electron chi connectivity index (χ3n) is 1.82. The van der Waals surface area contributed by atoms with Crippen molar-refractivity contribution in [2.45, 2.75) is 0 Å². The Morgan fingerprint density at radius 1 is 1.59 bits per heavy atom. The van der Waals surface area contributed by atoms with E-state index in [1.54, 1.807) is 0 Å². The first-order valence-corrected chi connectivity index (χ1v) is 4.89. The minimum Gasteiger partial charge on any atom is -0.495 e. The lowest BCUT2D eigenvalue weighted by atomic mass is 10.1. The average Bonchev–Trinajstić information content (AvgIpc) is 2.20. The first-order chi connectivity index (χ1) is 7.90. The minimum atomic E-state index is -0.662. The maximum atomic E-state index is 13.1. The molecule has 0 aromatic heterocycles. The molecule has 0 heterocycles. The molecule has 1 aromatic carbocycles. The number of nitrogens with one attached hydrogen (secondary N) is 1. The van der Waals surface area contributed by atoms with Gasteiger partial charge in [-0.05, 0) is 12.1 Å². The largest absolute Gasteiger partial charge is 0.495 e. The van der Waals surface area contributed by atoms with E-state index in [4.69, 9.17) is 22.4 Å². The van der Waals surface area contributed by atoms with Gasteiger partial charge < -0.3 is 16.2 Å². The third kappa shape index (κ3) is 3.81. The van der Waals surface area contributed by atoms with E-state index < -0.39 is 17.6 Å². The molecule has 0 aliphatic rings. The van der Waals surface area contributed by atoms with E-state index in [9.17, 15) is 9.18 Å². The molecule has 0 atom stereocenters. The van der Waals surface area contributed by atoms with E-state index in [1.165, 1.54) is 12.1 Å². The molecule has 4 N–H and O–H groups in total. The van der Waals surface area contributed by atoms with Crippen LogP contribution in [0.2, 0.25) is 5.02 Å². The van der Waals surface area contributed by atoms with Gasteiger partial charge in [0.1, 0.15) is 5.82 Å². The highest BCUT2D eigenvalue weighted by molar-refractivity contribution is 6.30. The van der Waals surface area contributed by atoms with Gasteiger partial charge in [-0.25, -0.2) is 4.39 Å². The number of carbonyl (C=O) groups excluding carboxylic acids is 1. The molecular formula is C11H10ClFN2O2. The van der Waals surface area contributed by atoms with Gasteiger partial charge in [-0.1, -0.05) is 24.2 Å². The van der Waals surface area contributed by atoms with Gasteiger partial charge in [0.05, 0.1) is 11.1 Å². The number of halogens is 2. The first kappa shape index (κ1) is 13.1. The Morgan fingerprint density at radius 3 is 2.76 bits per heavy atom. The van der Waals surface area contributed by atoms with E-state index in [0.717, 1.165) is 12.1 Å². The summed E-state index contributed by atoms with van der Waals surface area (Å²) in [5, 5.41) is 11.0. The quantitative estimate of drug-likeness (QED) is 0.571. The van der Waals surface area contributed by atoms with Gasteiger partial charge in [-0.2, -0.15) is 0 Å². The van der Waals surface area contributed by atoms with Crippen LogP contribution in [0.1, 0.15) is 5.56 Å². The number of benzene rings is 1. The second-order valence-electron chi connectivity index (χ2n) is 3.17. The van der Waals surface area contributed by atoms with Crippen molar-refractivity contribution in [1.82, 2.24) is 5.32 Å². The van der Waals surface area contributed by atoms with Crippen molar-refractivity contribution in [3.05, 3.63) is 53.1 Å². The van der Waals surface area contributed by atoms with Crippen molar-refractivity contribution in [1.29, 1.82) is 0 Å². The van der Waals surface area contributed by atoms with Gasteiger partial charge in [0.15, 0.2) is 5.88 Å². The molecule has 0 saturated carbocycles. The number of rotatable bonds is 3. The lowest BCUT2D eigenvalue weighted by Gasteiger charge is -2.07. The maximum Gasteiger partial charge on any atom is 0.253 e. The summed E-state index contributed by atoms with van der Waals surface area (Å²) in [5.74, 6) is -1.90. The predicted octanol–water partition coefficient (Wildman–Crippen LogP) is 1.92. The van der Waals surface area contributed by atoms with Crippen LogP contribution in [0.3, 0.4) is 0 Å². The second-order valence-corrected chi connectivity index (χ2v) is 3.57. The molecule has 4 nitrogen and oxygen atoms in total. The molecule has 0 fully saturated rings. The number of carbonyl (C=O) groups is 1. The topological polar surface area (TPSA) is 75.4 Å². The highest BCUT2D eigenvalue weighted by Crippen LogP contribution is 2.18. The highest BCUT2D eigenvalue weighted by Gasteiger charge is 2.06. The SMILES string of the molecule is C=C(NC(=O)/C=C(\N)O)c1ccc(Cl)c(F)c1. The molecule has 0 radical (unpaired) electrons. The van der Waals surface area contributed by atoms with Crippen LogP contribution in [0.4, 0.5) is 4.39 Å². The van der Waals surface area contributed by atoms with Crippen LogP contribution in [0.25, 0.3) is 5.70 Å². The molecule has 0 spiro atoms. The maximum absolute atomic E-state index is 13.1. The van der Waals surface area contributed by atoms with Crippen LogP contribution in [0, 0.1) is 5.82 Å². The summed E-state index contributed by atoms with van der Waals surface area (Å²) in [6, 6.07) is 3.98. The molecule has 6 heteroatoms. The summed E-state index contributed by atoms with van der Waals surface area (Å²) in [6.07, 6.45) is 0.775. The Kier molecular flexibility index (Phi) is 4.12. The van der Waals surface area contributed by atoms with Crippen molar-refractivity contribution < 1.29 is 14.3 Å². The monoisotopic (exact) mass is 256 g/mol. The molecule has 0 aliphatic carbocycles. The zero-order chi connectivity index (χ0) is 13.0. The summed E-state index contributed by atoms with van der Waals surface area (Å²) in [5.41, 5.74) is 5.44. The number of aliphatic hydroxyl groups excluding tert-OH is 1. The highest BCUT2D eigenvalue weighted by atomic mass is 35.5. The van der Waals surface area contributed by atoms with Crippen molar-refractivity contribution in [3.8, 4) is 0 Å². The molecule has 90 valence electrons. The van der Waals surface area contributed by atoms with Gasteiger partial charge in [-0.3, -0.25) is 4.79 Å². The fourth-order valence-corrected chi connectivity index (χ4v) is 1.19. The summed E-state index contributed by atoms with van der Waals surface area (Å²) < 4.78 is 13.1. The van der Waals surface area contributed by atoms with Gasteiger partial charge in [0.25, 0.3) is 5.91 Å². The lowest BCUT2D eigenvalue weighted by Crippen LogP contribution is -2.20. The molecule has 0 aliphatic heterocycles. The lowest BCUT2D eigenvalue weighted by molar-refractivity contribution is -0.115. The van der Waals surface area contributed by atoms with Crippen molar-refractivity contribution in [3.63, 3.8) is 0 Å². The molecular weight excluding hydrogens is 247 g/mol. The fourth-order valence-electron chi connectivity index (χ4n) is 1.08. The summed E-state index contributed by atoms with van der Waals surface area (Å²) in [6.45, 7) is 3.55. The Bertz CT molecular complexity index is 496. The Hall–Kier alpha value is -2.01.